The highest BCUT2D eigenvalue weighted by atomic mass is 35.5. The topological polar surface area (TPSA) is 57.9 Å². The molecule has 0 bridgehead atoms. The van der Waals surface area contributed by atoms with Gasteiger partial charge < -0.3 is 0 Å². The molecule has 0 radical (unpaired) electrons. The highest BCUT2D eigenvalue weighted by Gasteiger charge is 2.44. The van der Waals surface area contributed by atoms with E-state index in [1.54, 1.807) is 6.07 Å². The highest BCUT2D eigenvalue weighted by Crippen LogP contribution is 2.52. The average Bonchev–Trinajstić information content (AvgIpc) is 3.23. The predicted molar refractivity (Wildman–Crippen MR) is 102 cm³/mol. The quantitative estimate of drug-likeness (QED) is 0.522. The third-order valence-corrected chi connectivity index (χ3v) is 5.92. The maximum absolute atomic E-state index is 14.9. The van der Waals surface area contributed by atoms with E-state index >= 15 is 0 Å². The van der Waals surface area contributed by atoms with E-state index < -0.39 is 0 Å². The van der Waals surface area contributed by atoms with Crippen LogP contribution in [0.5, 0.6) is 0 Å². The lowest BCUT2D eigenvalue weighted by Crippen LogP contribution is -2.27. The molecule has 4 rings (SSSR count). The van der Waals surface area contributed by atoms with Gasteiger partial charge in [0.05, 0.1) is 10.3 Å². The lowest BCUT2D eigenvalue weighted by atomic mass is 9.76. The Kier molecular flexibility index (Phi) is 4.03. The zero-order valence-corrected chi connectivity index (χ0v) is 15.3. The molecule has 134 valence electrons. The summed E-state index contributed by atoms with van der Waals surface area (Å²) < 4.78 is 14.9. The van der Waals surface area contributed by atoms with Crippen LogP contribution in [0.3, 0.4) is 0 Å². The van der Waals surface area contributed by atoms with E-state index in [2.05, 4.69) is 15.3 Å². The third kappa shape index (κ3) is 2.43. The Morgan fingerprint density at radius 1 is 1.27 bits per heavy atom. The molecular weight excluding hydrogens is 355 g/mol. The van der Waals surface area contributed by atoms with Gasteiger partial charge in [0.25, 0.3) is 0 Å². The molecule has 0 N–H and O–H groups in total. The standard InChI is InChI=1S/C19H18ClFN4O/c1-11-19(5-3-4-6-19)14-7-12(8-16(21)18(14)23-11)13-9-17(25(2)24-26)22-10-15(13)20/h7-10H,3-6H2,1-2H3. The number of aromatic nitrogens is 1. The SMILES string of the molecule is CC1=Nc2c(F)cc(-c3cc(N(C)N=O)ncc3Cl)cc2C12CCCC2. The van der Waals surface area contributed by atoms with Gasteiger partial charge in [0, 0.05) is 29.9 Å². The first-order valence-corrected chi connectivity index (χ1v) is 8.97. The second kappa shape index (κ2) is 6.13. The van der Waals surface area contributed by atoms with Crippen molar-refractivity contribution in [1.82, 2.24) is 4.98 Å². The molecule has 1 spiro atoms. The van der Waals surface area contributed by atoms with Crippen LogP contribution in [0.25, 0.3) is 11.1 Å². The van der Waals surface area contributed by atoms with Crippen LogP contribution in [0.15, 0.2) is 34.7 Å². The molecule has 2 heterocycles. The van der Waals surface area contributed by atoms with E-state index in [1.807, 2.05) is 13.0 Å². The molecule has 0 saturated heterocycles. The van der Waals surface area contributed by atoms with Crippen LogP contribution in [0.1, 0.15) is 38.2 Å². The first-order chi connectivity index (χ1) is 12.5. The normalized spacial score (nSPS) is 17.3. The predicted octanol–water partition coefficient (Wildman–Crippen LogP) is 5.58. The molecule has 1 aliphatic carbocycles. The first kappa shape index (κ1) is 17.1. The van der Waals surface area contributed by atoms with Crippen molar-refractivity contribution in [3.8, 4) is 11.1 Å². The van der Waals surface area contributed by atoms with Crippen molar-refractivity contribution in [3.05, 3.63) is 45.7 Å². The van der Waals surface area contributed by atoms with Crippen LogP contribution in [-0.2, 0) is 5.41 Å². The van der Waals surface area contributed by atoms with Crippen LogP contribution < -0.4 is 5.01 Å². The Hall–Kier alpha value is -2.34. The van der Waals surface area contributed by atoms with Gasteiger partial charge in [-0.25, -0.2) is 14.4 Å². The molecule has 1 fully saturated rings. The molecule has 0 atom stereocenters. The molecule has 1 aromatic carbocycles. The fourth-order valence-corrected chi connectivity index (χ4v) is 4.39. The number of anilines is 1. The summed E-state index contributed by atoms with van der Waals surface area (Å²) in [7, 11) is 1.50. The molecule has 0 unspecified atom stereocenters. The number of nitroso groups, excluding NO2 is 1. The van der Waals surface area contributed by atoms with Crippen molar-refractivity contribution < 1.29 is 4.39 Å². The molecule has 0 amide bonds. The van der Waals surface area contributed by atoms with Crippen LogP contribution >= 0.6 is 11.6 Å². The van der Waals surface area contributed by atoms with Crippen LogP contribution in [0.2, 0.25) is 5.02 Å². The summed E-state index contributed by atoms with van der Waals surface area (Å²) in [6.07, 6.45) is 5.67. The summed E-state index contributed by atoms with van der Waals surface area (Å²) in [4.78, 5) is 19.4. The lowest BCUT2D eigenvalue weighted by molar-refractivity contribution is 0.598. The third-order valence-electron chi connectivity index (χ3n) is 5.61. The maximum Gasteiger partial charge on any atom is 0.152 e. The van der Waals surface area contributed by atoms with Gasteiger partial charge in [-0.3, -0.25) is 4.99 Å². The summed E-state index contributed by atoms with van der Waals surface area (Å²) >= 11 is 6.32. The molecule has 7 heteroatoms. The summed E-state index contributed by atoms with van der Waals surface area (Å²) in [6.45, 7) is 1.99. The van der Waals surface area contributed by atoms with Crippen molar-refractivity contribution in [2.24, 2.45) is 10.3 Å². The van der Waals surface area contributed by atoms with E-state index in [-0.39, 0.29) is 11.2 Å². The Balaban J connectivity index is 1.88. The van der Waals surface area contributed by atoms with Gasteiger partial charge in [0.1, 0.15) is 11.5 Å². The van der Waals surface area contributed by atoms with Gasteiger partial charge in [-0.05, 0) is 49.1 Å². The molecule has 1 aliphatic heterocycles. The minimum Gasteiger partial charge on any atom is -0.254 e. The number of aliphatic imine (C=N–C) groups is 1. The Labute approximate surface area is 155 Å². The van der Waals surface area contributed by atoms with Crippen molar-refractivity contribution in [2.45, 2.75) is 38.0 Å². The minimum absolute atomic E-state index is 0.157. The molecule has 2 aromatic rings. The number of hydrogen-bond donors (Lipinski definition) is 0. The molecular formula is C19H18ClFN4O. The van der Waals surface area contributed by atoms with E-state index in [0.29, 0.717) is 27.7 Å². The van der Waals surface area contributed by atoms with Gasteiger partial charge in [-0.2, -0.15) is 0 Å². The van der Waals surface area contributed by atoms with Crippen LogP contribution in [0.4, 0.5) is 15.9 Å². The zero-order valence-electron chi connectivity index (χ0n) is 14.6. The fourth-order valence-electron chi connectivity index (χ4n) is 4.18. The van der Waals surface area contributed by atoms with Crippen molar-refractivity contribution in [3.63, 3.8) is 0 Å². The van der Waals surface area contributed by atoms with Crippen LogP contribution in [-0.4, -0.2) is 17.7 Å². The number of nitrogens with zero attached hydrogens (tertiary/aromatic N) is 4. The van der Waals surface area contributed by atoms with Crippen LogP contribution in [0, 0.1) is 10.7 Å². The highest BCUT2D eigenvalue weighted by molar-refractivity contribution is 6.33. The molecule has 2 aliphatic rings. The Morgan fingerprint density at radius 3 is 2.69 bits per heavy atom. The zero-order chi connectivity index (χ0) is 18.5. The van der Waals surface area contributed by atoms with E-state index in [9.17, 15) is 9.30 Å². The van der Waals surface area contributed by atoms with Gasteiger partial charge in [0.2, 0.25) is 0 Å². The second-order valence-electron chi connectivity index (χ2n) is 6.97. The smallest absolute Gasteiger partial charge is 0.152 e. The fraction of sp³-hybridized carbons (Fsp3) is 0.368. The number of rotatable bonds is 3. The number of benzene rings is 1. The van der Waals surface area contributed by atoms with Gasteiger partial charge >= 0.3 is 0 Å². The largest absolute Gasteiger partial charge is 0.254 e. The summed E-state index contributed by atoms with van der Waals surface area (Å²) in [6, 6.07) is 5.08. The molecule has 1 saturated carbocycles. The van der Waals surface area contributed by atoms with E-state index in [1.165, 1.54) is 19.3 Å². The number of hydrogen-bond acceptors (Lipinski definition) is 4. The molecule has 26 heavy (non-hydrogen) atoms. The summed E-state index contributed by atoms with van der Waals surface area (Å²) in [5.41, 5.74) is 3.50. The number of halogens is 2. The van der Waals surface area contributed by atoms with E-state index in [0.717, 1.165) is 42.0 Å². The van der Waals surface area contributed by atoms with Crippen molar-refractivity contribution >= 4 is 28.8 Å². The Bertz CT molecular complexity index is 937. The second-order valence-corrected chi connectivity index (χ2v) is 7.38. The monoisotopic (exact) mass is 372 g/mol. The number of fused-ring (bicyclic) bond motifs is 2. The lowest BCUT2D eigenvalue weighted by Gasteiger charge is -2.25. The Morgan fingerprint density at radius 2 is 2.00 bits per heavy atom. The van der Waals surface area contributed by atoms with Crippen molar-refractivity contribution in [1.29, 1.82) is 0 Å². The summed E-state index contributed by atoms with van der Waals surface area (Å²) in [5, 5.41) is 4.35. The first-order valence-electron chi connectivity index (χ1n) is 8.59. The summed E-state index contributed by atoms with van der Waals surface area (Å²) in [5.74, 6) is 0.000220. The maximum atomic E-state index is 14.9. The van der Waals surface area contributed by atoms with Gasteiger partial charge in [0.15, 0.2) is 5.82 Å². The average molecular weight is 373 g/mol. The van der Waals surface area contributed by atoms with Crippen molar-refractivity contribution in [2.75, 3.05) is 12.1 Å². The van der Waals surface area contributed by atoms with Gasteiger partial charge in [-0.15, -0.1) is 4.91 Å². The number of pyridine rings is 1. The van der Waals surface area contributed by atoms with Gasteiger partial charge in [-0.1, -0.05) is 24.4 Å². The minimum atomic E-state index is -0.350. The van der Waals surface area contributed by atoms with E-state index in [4.69, 9.17) is 11.6 Å². The molecule has 1 aromatic heterocycles. The molecule has 5 nitrogen and oxygen atoms in total.